The van der Waals surface area contributed by atoms with Gasteiger partial charge in [0.1, 0.15) is 0 Å². The molecule has 7 nitrogen and oxygen atoms in total. The van der Waals surface area contributed by atoms with Crippen molar-refractivity contribution in [3.63, 3.8) is 0 Å². The molecule has 3 aromatic rings. The molecule has 3 aromatic heterocycles. The number of pyridine rings is 1. The first-order chi connectivity index (χ1) is 11.2. The Morgan fingerprint density at radius 3 is 2.74 bits per heavy atom. The van der Waals surface area contributed by atoms with Gasteiger partial charge in [0.05, 0.1) is 16.8 Å². The maximum Gasteiger partial charge on any atom is 0.220 e. The minimum atomic E-state index is 0.250. The SMILES string of the molecule is NCC1CN(c2ccnc3c2c(-c2ccnc(N)n2)cn3S)C1. The first kappa shape index (κ1) is 14.3. The molecule has 1 aliphatic heterocycles. The number of rotatable bonds is 3. The van der Waals surface area contributed by atoms with Crippen LogP contribution in [0, 0.1) is 5.92 Å². The van der Waals surface area contributed by atoms with E-state index in [9.17, 15) is 0 Å². The number of thiol groups is 1. The van der Waals surface area contributed by atoms with Gasteiger partial charge in [0.2, 0.25) is 5.95 Å². The van der Waals surface area contributed by atoms with Gasteiger partial charge in [-0.05, 0) is 18.7 Å². The molecule has 23 heavy (non-hydrogen) atoms. The van der Waals surface area contributed by atoms with Crippen molar-refractivity contribution in [3.05, 3.63) is 30.7 Å². The lowest BCUT2D eigenvalue weighted by molar-refractivity contribution is 0.421. The van der Waals surface area contributed by atoms with Gasteiger partial charge >= 0.3 is 0 Å². The summed E-state index contributed by atoms with van der Waals surface area (Å²) in [6.45, 7) is 2.63. The van der Waals surface area contributed by atoms with Gasteiger partial charge in [-0.25, -0.2) is 15.0 Å². The summed E-state index contributed by atoms with van der Waals surface area (Å²) in [5.41, 5.74) is 15.1. The number of fused-ring (bicyclic) bond motifs is 1. The third kappa shape index (κ3) is 2.30. The highest BCUT2D eigenvalue weighted by Gasteiger charge is 2.28. The molecule has 0 aromatic carbocycles. The monoisotopic (exact) mass is 327 g/mol. The molecule has 4 heterocycles. The van der Waals surface area contributed by atoms with Crippen LogP contribution in [0.15, 0.2) is 30.7 Å². The zero-order valence-corrected chi connectivity index (χ0v) is 13.3. The first-order valence-electron chi connectivity index (χ1n) is 7.40. The third-order valence-corrected chi connectivity index (χ3v) is 4.53. The van der Waals surface area contributed by atoms with Crippen molar-refractivity contribution >= 4 is 35.5 Å². The number of aromatic nitrogens is 4. The molecule has 1 saturated heterocycles. The van der Waals surface area contributed by atoms with Crippen LogP contribution < -0.4 is 16.4 Å². The predicted octanol–water partition coefficient (Wildman–Crippen LogP) is 1.16. The standard InChI is InChI=1S/C15H17N7S/c16-5-9-6-21(7-9)12-2-4-18-14-13(12)10(8-22(14)23)11-1-3-19-15(17)20-11/h1-4,8-9,23H,5-7,16H2,(H2,17,19,20). The van der Waals surface area contributed by atoms with Gasteiger partial charge in [-0.1, -0.05) is 12.8 Å². The highest BCUT2D eigenvalue weighted by molar-refractivity contribution is 7.78. The van der Waals surface area contributed by atoms with Gasteiger partial charge < -0.3 is 16.4 Å². The summed E-state index contributed by atoms with van der Waals surface area (Å²) < 4.78 is 1.71. The summed E-state index contributed by atoms with van der Waals surface area (Å²) in [6.07, 6.45) is 5.37. The van der Waals surface area contributed by atoms with Gasteiger partial charge in [-0.2, -0.15) is 0 Å². The fourth-order valence-corrected chi connectivity index (χ4v) is 3.29. The third-order valence-electron chi connectivity index (χ3n) is 4.23. The summed E-state index contributed by atoms with van der Waals surface area (Å²) in [6, 6.07) is 3.87. The van der Waals surface area contributed by atoms with E-state index in [1.54, 1.807) is 16.4 Å². The number of nitrogens with two attached hydrogens (primary N) is 2. The molecule has 118 valence electrons. The molecular formula is C15H17N7S. The highest BCUT2D eigenvalue weighted by Crippen LogP contribution is 2.38. The first-order valence-corrected chi connectivity index (χ1v) is 7.80. The number of nitrogens with zero attached hydrogens (tertiary/aromatic N) is 5. The second-order valence-corrected chi connectivity index (χ2v) is 6.15. The van der Waals surface area contributed by atoms with Crippen LogP contribution >= 0.6 is 12.8 Å². The molecule has 8 heteroatoms. The highest BCUT2D eigenvalue weighted by atomic mass is 32.1. The Hall–Kier alpha value is -2.32. The van der Waals surface area contributed by atoms with Crippen LogP contribution in [0.3, 0.4) is 0 Å². The molecule has 0 radical (unpaired) electrons. The van der Waals surface area contributed by atoms with Crippen molar-refractivity contribution in [1.29, 1.82) is 0 Å². The summed E-state index contributed by atoms with van der Waals surface area (Å²) >= 11 is 4.49. The number of hydrogen-bond acceptors (Lipinski definition) is 7. The summed E-state index contributed by atoms with van der Waals surface area (Å²) in [4.78, 5) is 15.1. The van der Waals surface area contributed by atoms with Crippen LogP contribution in [0.5, 0.6) is 0 Å². The zero-order valence-electron chi connectivity index (χ0n) is 12.4. The van der Waals surface area contributed by atoms with Gasteiger partial charge in [-0.3, -0.25) is 3.97 Å². The number of nitrogen functional groups attached to an aromatic ring is 1. The molecule has 0 unspecified atom stereocenters. The molecule has 1 aliphatic rings. The molecule has 0 saturated carbocycles. The Morgan fingerprint density at radius 2 is 2.00 bits per heavy atom. The summed E-state index contributed by atoms with van der Waals surface area (Å²) in [5.74, 6) is 0.801. The van der Waals surface area contributed by atoms with E-state index in [4.69, 9.17) is 11.5 Å². The number of hydrogen-bond donors (Lipinski definition) is 3. The van der Waals surface area contributed by atoms with Crippen molar-refractivity contribution in [3.8, 4) is 11.3 Å². The average Bonchev–Trinajstić information content (AvgIpc) is 2.85. The zero-order chi connectivity index (χ0) is 16.0. The molecule has 0 bridgehead atoms. The van der Waals surface area contributed by atoms with E-state index in [2.05, 4.69) is 32.7 Å². The maximum absolute atomic E-state index is 5.74. The second kappa shape index (κ2) is 5.39. The lowest BCUT2D eigenvalue weighted by Crippen LogP contribution is -2.50. The minimum Gasteiger partial charge on any atom is -0.370 e. The maximum atomic E-state index is 5.74. The quantitative estimate of drug-likeness (QED) is 0.625. The molecule has 0 aliphatic carbocycles. The Bertz CT molecular complexity index is 869. The Kier molecular flexibility index (Phi) is 3.35. The van der Waals surface area contributed by atoms with Crippen molar-refractivity contribution in [2.24, 2.45) is 11.7 Å². The van der Waals surface area contributed by atoms with Crippen molar-refractivity contribution < 1.29 is 0 Å². The minimum absolute atomic E-state index is 0.250. The Morgan fingerprint density at radius 1 is 1.22 bits per heavy atom. The van der Waals surface area contributed by atoms with E-state index in [-0.39, 0.29) is 5.95 Å². The van der Waals surface area contributed by atoms with Crippen LogP contribution in [0.2, 0.25) is 0 Å². The van der Waals surface area contributed by atoms with E-state index in [1.165, 1.54) is 0 Å². The van der Waals surface area contributed by atoms with Crippen LogP contribution in [-0.4, -0.2) is 38.6 Å². The number of anilines is 2. The predicted molar refractivity (Wildman–Crippen MR) is 94.3 cm³/mol. The Balaban J connectivity index is 1.88. The molecule has 0 spiro atoms. The van der Waals surface area contributed by atoms with Gasteiger partial charge in [0.25, 0.3) is 0 Å². The summed E-state index contributed by atoms with van der Waals surface area (Å²) in [7, 11) is 0. The van der Waals surface area contributed by atoms with E-state index < -0.39 is 0 Å². The van der Waals surface area contributed by atoms with E-state index in [0.717, 1.165) is 41.1 Å². The van der Waals surface area contributed by atoms with E-state index >= 15 is 0 Å². The van der Waals surface area contributed by atoms with E-state index in [1.807, 2.05) is 18.3 Å². The lowest BCUT2D eigenvalue weighted by Gasteiger charge is -2.40. The molecule has 0 amide bonds. The molecule has 0 atom stereocenters. The second-order valence-electron chi connectivity index (χ2n) is 5.72. The average molecular weight is 327 g/mol. The van der Waals surface area contributed by atoms with Gasteiger partial charge in [-0.15, -0.1) is 0 Å². The van der Waals surface area contributed by atoms with E-state index in [0.29, 0.717) is 12.5 Å². The van der Waals surface area contributed by atoms with Crippen molar-refractivity contribution in [2.75, 3.05) is 30.3 Å². The molecule has 1 fully saturated rings. The largest absolute Gasteiger partial charge is 0.370 e. The van der Waals surface area contributed by atoms with Crippen molar-refractivity contribution in [2.45, 2.75) is 0 Å². The topological polar surface area (TPSA) is 98.9 Å². The Labute approximate surface area is 138 Å². The van der Waals surface area contributed by atoms with Gasteiger partial charge in [0, 0.05) is 43.2 Å². The molecular weight excluding hydrogens is 310 g/mol. The fraction of sp³-hybridized carbons (Fsp3) is 0.267. The van der Waals surface area contributed by atoms with Crippen LogP contribution in [-0.2, 0) is 0 Å². The van der Waals surface area contributed by atoms with Gasteiger partial charge in [0.15, 0.2) is 5.65 Å². The summed E-state index contributed by atoms with van der Waals surface area (Å²) in [5, 5.41) is 1.02. The van der Waals surface area contributed by atoms with Crippen molar-refractivity contribution in [1.82, 2.24) is 18.9 Å². The smallest absolute Gasteiger partial charge is 0.220 e. The molecule has 4 rings (SSSR count). The van der Waals surface area contributed by atoms with Crippen LogP contribution in [0.1, 0.15) is 0 Å². The normalized spacial score (nSPS) is 15.1. The molecule has 4 N–H and O–H groups in total. The van der Waals surface area contributed by atoms with Crippen LogP contribution in [0.4, 0.5) is 11.6 Å². The lowest BCUT2D eigenvalue weighted by atomic mass is 9.98. The van der Waals surface area contributed by atoms with Crippen LogP contribution in [0.25, 0.3) is 22.3 Å². The fourth-order valence-electron chi connectivity index (χ4n) is 3.02.